The number of aldehydes is 1. The number of rotatable bonds is 10. The van der Waals surface area contributed by atoms with E-state index in [1.54, 1.807) is 13.8 Å². The molecule has 0 aliphatic heterocycles. The van der Waals surface area contributed by atoms with Gasteiger partial charge in [-0.05, 0) is 38.2 Å². The van der Waals surface area contributed by atoms with Crippen molar-refractivity contribution in [3.05, 3.63) is 12.2 Å². The summed E-state index contributed by atoms with van der Waals surface area (Å²) in [5.74, 6) is 5.40. The molecule has 3 amide bonds. The topological polar surface area (TPSA) is 151 Å². The second-order valence-electron chi connectivity index (χ2n) is 7.38. The Balaban J connectivity index is -0.000000163. The quantitative estimate of drug-likeness (QED) is 0.116. The van der Waals surface area contributed by atoms with Gasteiger partial charge in [0, 0.05) is 31.2 Å². The molecule has 30 heavy (non-hydrogen) atoms. The van der Waals surface area contributed by atoms with Gasteiger partial charge in [0.15, 0.2) is 0 Å². The van der Waals surface area contributed by atoms with Gasteiger partial charge in [-0.2, -0.15) is 0 Å². The van der Waals surface area contributed by atoms with Gasteiger partial charge in [0.2, 0.25) is 18.2 Å². The minimum Gasteiger partial charge on any atom is -0.396 e. The molecule has 0 heterocycles. The average molecular weight is 433 g/mol. The summed E-state index contributed by atoms with van der Waals surface area (Å²) in [6.45, 7) is 15.4. The number of hydrogen-bond acceptors (Lipinski definition) is 6. The third-order valence-corrected chi connectivity index (χ3v) is 2.87. The highest BCUT2D eigenvalue weighted by molar-refractivity contribution is 5.90. The Labute approximate surface area is 182 Å². The maximum absolute atomic E-state index is 11.0. The lowest BCUT2D eigenvalue weighted by Gasteiger charge is -2.21. The van der Waals surface area contributed by atoms with Gasteiger partial charge in [-0.15, -0.1) is 0 Å². The summed E-state index contributed by atoms with van der Waals surface area (Å²) < 4.78 is 0. The Morgan fingerprint density at radius 2 is 1.67 bits per heavy atom. The van der Waals surface area contributed by atoms with Crippen LogP contribution >= 0.6 is 0 Å². The maximum atomic E-state index is 11.0. The van der Waals surface area contributed by atoms with Crippen LogP contribution in [0.3, 0.4) is 0 Å². The molecule has 0 aromatic heterocycles. The van der Waals surface area contributed by atoms with Crippen LogP contribution in [0.5, 0.6) is 0 Å². The Hall–Kier alpha value is -2.26. The molecular weight excluding hydrogens is 388 g/mol. The van der Waals surface area contributed by atoms with E-state index in [4.69, 9.17) is 10.9 Å². The smallest absolute Gasteiger partial charge is 0.244 e. The van der Waals surface area contributed by atoms with E-state index < -0.39 is 5.41 Å². The predicted octanol–water partition coefficient (Wildman–Crippen LogP) is 1.46. The van der Waals surface area contributed by atoms with Crippen molar-refractivity contribution in [3.8, 4) is 0 Å². The van der Waals surface area contributed by atoms with E-state index in [2.05, 4.69) is 36.8 Å². The average Bonchev–Trinajstić information content (AvgIpc) is 2.69. The number of allylic oxidation sites excluding steroid dienone is 1. The molecule has 0 aromatic carbocycles. The van der Waals surface area contributed by atoms with Gasteiger partial charge >= 0.3 is 0 Å². The van der Waals surface area contributed by atoms with Crippen molar-refractivity contribution >= 4 is 24.5 Å². The second-order valence-corrected chi connectivity index (χ2v) is 7.38. The van der Waals surface area contributed by atoms with E-state index in [1.165, 1.54) is 12.2 Å². The standard InChI is InChI=1S/C7H16N2O2.C7H11NO2.C4H10.C3H7NO/c1-7(2,4-3-5-10)6(11)9-8;1-2-5-8-7(10)4-3-6-9;1-4(2)3;1-2-4-3-5/h10H,3-5,8H2,1-2H3,(H,9,11);3-4,6H,2,5H2,1H3,(H,8,10);4H,1-3H3;3H,2H2,1H3,(H,4,5)/b;4-3-;;. The fourth-order valence-corrected chi connectivity index (χ4v) is 1.35. The summed E-state index contributed by atoms with van der Waals surface area (Å²) >= 11 is 0. The zero-order valence-corrected chi connectivity index (χ0v) is 19.8. The summed E-state index contributed by atoms with van der Waals surface area (Å²) in [4.78, 5) is 40.6. The molecule has 0 spiro atoms. The molecule has 6 N–H and O–H groups in total. The SMILES string of the molecule is CC(C)(CCCO)C(=O)NN.CC(C)C.CCCNC(=O)/C=C\C=O.CCNC=O. The van der Waals surface area contributed by atoms with Crippen LogP contribution in [0, 0.1) is 11.3 Å². The van der Waals surface area contributed by atoms with Crippen LogP contribution < -0.4 is 21.9 Å². The lowest BCUT2D eigenvalue weighted by Crippen LogP contribution is -2.41. The molecule has 178 valence electrons. The van der Waals surface area contributed by atoms with Crippen LogP contribution in [-0.4, -0.2) is 49.3 Å². The molecule has 0 saturated heterocycles. The van der Waals surface area contributed by atoms with E-state index in [0.29, 0.717) is 32.1 Å². The number of nitrogens with two attached hydrogens (primary N) is 1. The molecule has 0 fully saturated rings. The van der Waals surface area contributed by atoms with Gasteiger partial charge in [0.1, 0.15) is 6.29 Å². The molecule has 9 nitrogen and oxygen atoms in total. The largest absolute Gasteiger partial charge is 0.396 e. The van der Waals surface area contributed by atoms with E-state index >= 15 is 0 Å². The highest BCUT2D eigenvalue weighted by Gasteiger charge is 2.25. The molecule has 9 heteroatoms. The molecule has 0 rings (SSSR count). The molecule has 0 aromatic rings. The van der Waals surface area contributed by atoms with Gasteiger partial charge in [0.05, 0.1) is 0 Å². The van der Waals surface area contributed by atoms with Crippen molar-refractivity contribution in [3.63, 3.8) is 0 Å². The van der Waals surface area contributed by atoms with E-state index in [1.807, 2.05) is 13.8 Å². The van der Waals surface area contributed by atoms with Crippen molar-refractivity contribution in [2.75, 3.05) is 19.7 Å². The fourth-order valence-electron chi connectivity index (χ4n) is 1.35. The number of aliphatic hydroxyl groups excluding tert-OH is 1. The Kier molecular flexibility index (Phi) is 31.4. The van der Waals surface area contributed by atoms with E-state index in [9.17, 15) is 19.2 Å². The van der Waals surface area contributed by atoms with Gasteiger partial charge < -0.3 is 15.7 Å². The number of amides is 3. The Morgan fingerprint density at radius 1 is 1.13 bits per heavy atom. The summed E-state index contributed by atoms with van der Waals surface area (Å²) in [5, 5.41) is 13.5. The molecule has 0 aliphatic rings. The van der Waals surface area contributed by atoms with Crippen LogP contribution in [0.1, 0.15) is 67.7 Å². The zero-order valence-electron chi connectivity index (χ0n) is 19.8. The number of carbonyl (C=O) groups is 4. The van der Waals surface area contributed by atoms with Crippen LogP contribution in [-0.2, 0) is 19.2 Å². The number of aliphatic hydroxyl groups is 1. The highest BCUT2D eigenvalue weighted by atomic mass is 16.3. The first-order chi connectivity index (χ1) is 14.0. The Bertz CT molecular complexity index is 450. The highest BCUT2D eigenvalue weighted by Crippen LogP contribution is 2.21. The maximum Gasteiger partial charge on any atom is 0.244 e. The van der Waals surface area contributed by atoms with Crippen molar-refractivity contribution in [1.82, 2.24) is 16.1 Å². The molecular formula is C21H44N4O5. The molecule has 0 unspecified atom stereocenters. The zero-order chi connectivity index (χ0) is 24.4. The van der Waals surface area contributed by atoms with Crippen molar-refractivity contribution in [2.24, 2.45) is 17.2 Å². The Morgan fingerprint density at radius 3 is 1.97 bits per heavy atom. The number of hydrazine groups is 1. The second kappa shape index (κ2) is 26.7. The molecule has 0 atom stereocenters. The summed E-state index contributed by atoms with van der Waals surface area (Å²) in [5.41, 5.74) is 1.62. The lowest BCUT2D eigenvalue weighted by atomic mass is 9.87. The summed E-state index contributed by atoms with van der Waals surface area (Å²) in [7, 11) is 0. The lowest BCUT2D eigenvalue weighted by molar-refractivity contribution is -0.129. The normalized spacial score (nSPS) is 9.67. The molecule has 0 aliphatic carbocycles. The van der Waals surface area contributed by atoms with Crippen LogP contribution in [0.2, 0.25) is 0 Å². The third-order valence-electron chi connectivity index (χ3n) is 2.87. The van der Waals surface area contributed by atoms with E-state index in [-0.39, 0.29) is 18.4 Å². The summed E-state index contributed by atoms with van der Waals surface area (Å²) in [6.07, 6.45) is 5.81. The van der Waals surface area contributed by atoms with Gasteiger partial charge in [-0.25, -0.2) is 5.84 Å². The van der Waals surface area contributed by atoms with Crippen LogP contribution in [0.25, 0.3) is 0 Å². The monoisotopic (exact) mass is 432 g/mol. The number of carbonyl (C=O) groups excluding carboxylic acids is 4. The molecule has 0 radical (unpaired) electrons. The number of nitrogens with one attached hydrogen (secondary N) is 3. The first kappa shape index (κ1) is 35.2. The van der Waals surface area contributed by atoms with Gasteiger partial charge in [-0.3, -0.25) is 24.6 Å². The van der Waals surface area contributed by atoms with Gasteiger partial charge in [0.25, 0.3) is 0 Å². The van der Waals surface area contributed by atoms with Crippen molar-refractivity contribution < 1.29 is 24.3 Å². The fraction of sp³-hybridized carbons (Fsp3) is 0.714. The molecule has 0 bridgehead atoms. The van der Waals surface area contributed by atoms with Crippen molar-refractivity contribution in [2.45, 2.75) is 67.7 Å². The van der Waals surface area contributed by atoms with Crippen molar-refractivity contribution in [1.29, 1.82) is 0 Å². The van der Waals surface area contributed by atoms with E-state index in [0.717, 1.165) is 18.9 Å². The van der Waals surface area contributed by atoms with Gasteiger partial charge in [-0.1, -0.05) is 41.5 Å². The number of hydrogen-bond donors (Lipinski definition) is 5. The summed E-state index contributed by atoms with van der Waals surface area (Å²) in [6, 6.07) is 0. The first-order valence-electron chi connectivity index (χ1n) is 10.2. The third kappa shape index (κ3) is 36.6. The molecule has 0 saturated carbocycles. The predicted molar refractivity (Wildman–Crippen MR) is 121 cm³/mol. The van der Waals surface area contributed by atoms with Crippen LogP contribution in [0.4, 0.5) is 0 Å². The minimum absolute atomic E-state index is 0.112. The minimum atomic E-state index is -0.475. The first-order valence-corrected chi connectivity index (χ1v) is 10.2. The van der Waals surface area contributed by atoms with Crippen LogP contribution in [0.15, 0.2) is 12.2 Å².